The molecule has 0 fully saturated rings. The normalized spacial score (nSPS) is 9.67. The highest BCUT2D eigenvalue weighted by Crippen LogP contribution is 2.06. The van der Waals surface area contributed by atoms with Gasteiger partial charge in [-0.15, -0.1) is 0 Å². The minimum atomic E-state index is 0.564. The van der Waals surface area contributed by atoms with Gasteiger partial charge in [0.1, 0.15) is 0 Å². The Hall–Kier alpha value is -0.880. The topological polar surface area (TPSA) is 17.8 Å². The molecule has 0 saturated heterocycles. The van der Waals surface area contributed by atoms with Gasteiger partial charge in [-0.1, -0.05) is 31.5 Å². The number of thioether (sulfide) groups is 1. The van der Waals surface area contributed by atoms with E-state index in [1.165, 1.54) is 0 Å². The fourth-order valence-electron chi connectivity index (χ4n) is 0.692. The number of hydrogen-bond donors (Lipinski definition) is 0. The second-order valence-corrected chi connectivity index (χ2v) is 4.18. The van der Waals surface area contributed by atoms with Crippen LogP contribution in [0.25, 0.3) is 0 Å². The van der Waals surface area contributed by atoms with Gasteiger partial charge in [-0.3, -0.25) is 4.68 Å². The molecule has 2 nitrogen and oxygen atoms in total. The van der Waals surface area contributed by atoms with Crippen LogP contribution in [0.3, 0.4) is 0 Å². The van der Waals surface area contributed by atoms with E-state index >= 15 is 0 Å². The molecule has 12 heavy (non-hydrogen) atoms. The van der Waals surface area contributed by atoms with Crippen molar-refractivity contribution in [1.29, 1.82) is 0 Å². The molecule has 0 aliphatic carbocycles. The van der Waals surface area contributed by atoms with Gasteiger partial charge < -0.3 is 0 Å². The van der Waals surface area contributed by atoms with Crippen LogP contribution in [0.2, 0.25) is 0 Å². The number of aromatic nitrogens is 2. The molecule has 64 valence electrons. The molecule has 0 bridgehead atoms. The second-order valence-electron chi connectivity index (χ2n) is 2.80. The lowest BCUT2D eigenvalue weighted by atomic mass is 10.4. The Balaban J connectivity index is 2.55. The standard InChI is InChI=1S/C9H12N2S/c1-8(2)12-5-4-9-6-10-11(3)7-9/h6-8H,1-3H3. The summed E-state index contributed by atoms with van der Waals surface area (Å²) in [5.74, 6) is 3.03. The Kier molecular flexibility index (Phi) is 3.24. The number of rotatable bonds is 1. The van der Waals surface area contributed by atoms with Crippen molar-refractivity contribution in [2.45, 2.75) is 19.1 Å². The maximum atomic E-state index is 4.02. The summed E-state index contributed by atoms with van der Waals surface area (Å²) < 4.78 is 1.75. The van der Waals surface area contributed by atoms with Crippen molar-refractivity contribution < 1.29 is 0 Å². The number of hydrogen-bond acceptors (Lipinski definition) is 2. The predicted octanol–water partition coefficient (Wildman–Crippen LogP) is 1.87. The van der Waals surface area contributed by atoms with Crippen molar-refractivity contribution in [2.75, 3.05) is 0 Å². The molecule has 0 aromatic carbocycles. The summed E-state index contributed by atoms with van der Waals surface area (Å²) in [5, 5.41) is 7.61. The smallest absolute Gasteiger partial charge is 0.0646 e. The predicted molar refractivity (Wildman–Crippen MR) is 52.8 cm³/mol. The Labute approximate surface area is 77.4 Å². The minimum Gasteiger partial charge on any atom is -0.275 e. The lowest BCUT2D eigenvalue weighted by molar-refractivity contribution is 0.767. The van der Waals surface area contributed by atoms with Crippen LogP contribution >= 0.6 is 11.8 Å². The molecule has 1 rings (SSSR count). The van der Waals surface area contributed by atoms with Crippen LogP contribution in [-0.4, -0.2) is 15.0 Å². The maximum absolute atomic E-state index is 4.02. The largest absolute Gasteiger partial charge is 0.275 e. The first-order valence-corrected chi connectivity index (χ1v) is 4.72. The molecular formula is C9H12N2S. The average Bonchev–Trinajstić information content (AvgIpc) is 2.35. The van der Waals surface area contributed by atoms with Gasteiger partial charge in [0.2, 0.25) is 0 Å². The molecule has 0 amide bonds. The third kappa shape index (κ3) is 3.02. The van der Waals surface area contributed by atoms with Gasteiger partial charge in [0.25, 0.3) is 0 Å². The third-order valence-electron chi connectivity index (χ3n) is 1.19. The van der Waals surface area contributed by atoms with E-state index in [0.29, 0.717) is 5.25 Å². The zero-order valence-corrected chi connectivity index (χ0v) is 8.35. The van der Waals surface area contributed by atoms with Gasteiger partial charge in [0.15, 0.2) is 0 Å². The summed E-state index contributed by atoms with van der Waals surface area (Å²) in [7, 11) is 1.89. The van der Waals surface area contributed by atoms with Crippen LogP contribution in [0.5, 0.6) is 0 Å². The molecule has 0 unspecified atom stereocenters. The fraction of sp³-hybridized carbons (Fsp3) is 0.444. The highest BCUT2D eigenvalue weighted by molar-refractivity contribution is 8.04. The highest BCUT2D eigenvalue weighted by Gasteiger charge is 1.90. The zero-order chi connectivity index (χ0) is 8.97. The summed E-state index contributed by atoms with van der Waals surface area (Å²) in [5.41, 5.74) is 0.977. The van der Waals surface area contributed by atoms with Crippen LogP contribution in [0, 0.1) is 11.2 Å². The average molecular weight is 180 g/mol. The van der Waals surface area contributed by atoms with Crippen molar-refractivity contribution in [1.82, 2.24) is 9.78 Å². The molecule has 1 aromatic heterocycles. The monoisotopic (exact) mass is 180 g/mol. The molecule has 0 N–H and O–H groups in total. The van der Waals surface area contributed by atoms with Crippen molar-refractivity contribution in [3.63, 3.8) is 0 Å². The second kappa shape index (κ2) is 4.22. The lowest BCUT2D eigenvalue weighted by Gasteiger charge is -1.91. The number of nitrogens with zero attached hydrogens (tertiary/aromatic N) is 2. The van der Waals surface area contributed by atoms with Crippen molar-refractivity contribution in [2.24, 2.45) is 7.05 Å². The lowest BCUT2D eigenvalue weighted by Crippen LogP contribution is -1.84. The van der Waals surface area contributed by atoms with Gasteiger partial charge in [0, 0.05) is 18.5 Å². The van der Waals surface area contributed by atoms with E-state index in [1.54, 1.807) is 22.6 Å². The van der Waals surface area contributed by atoms with E-state index in [1.807, 2.05) is 13.2 Å². The van der Waals surface area contributed by atoms with E-state index in [0.717, 1.165) is 5.56 Å². The minimum absolute atomic E-state index is 0.564. The Morgan fingerprint density at radius 1 is 1.58 bits per heavy atom. The van der Waals surface area contributed by atoms with Crippen LogP contribution in [0.4, 0.5) is 0 Å². The van der Waals surface area contributed by atoms with Gasteiger partial charge in [0.05, 0.1) is 11.8 Å². The summed E-state index contributed by atoms with van der Waals surface area (Å²) in [6.45, 7) is 4.26. The Bertz CT molecular complexity index is 304. The van der Waals surface area contributed by atoms with Crippen LogP contribution in [-0.2, 0) is 7.05 Å². The summed E-state index contributed by atoms with van der Waals surface area (Å²) >= 11 is 1.64. The highest BCUT2D eigenvalue weighted by atomic mass is 32.2. The molecular weight excluding hydrogens is 168 g/mol. The molecule has 0 saturated carbocycles. The summed E-state index contributed by atoms with van der Waals surface area (Å²) in [6.07, 6.45) is 3.68. The van der Waals surface area contributed by atoms with Gasteiger partial charge in [-0.25, -0.2) is 0 Å². The zero-order valence-electron chi connectivity index (χ0n) is 7.53. The SMILES string of the molecule is CC(C)SC#Cc1cnn(C)c1. The molecule has 3 heteroatoms. The first kappa shape index (κ1) is 9.21. The molecule has 0 radical (unpaired) electrons. The maximum Gasteiger partial charge on any atom is 0.0646 e. The van der Waals surface area contributed by atoms with Crippen molar-refractivity contribution in [3.8, 4) is 11.2 Å². The quantitative estimate of drug-likeness (QED) is 0.614. The molecule has 0 atom stereocenters. The number of aryl methyl sites for hydroxylation is 1. The Morgan fingerprint density at radius 2 is 2.33 bits per heavy atom. The fourth-order valence-corrected chi connectivity index (χ4v) is 1.10. The van der Waals surface area contributed by atoms with E-state index in [4.69, 9.17) is 0 Å². The van der Waals surface area contributed by atoms with Gasteiger partial charge in [-0.05, 0) is 5.25 Å². The van der Waals surface area contributed by atoms with Crippen molar-refractivity contribution >= 4 is 11.8 Å². The third-order valence-corrected chi connectivity index (χ3v) is 1.89. The van der Waals surface area contributed by atoms with E-state index in [2.05, 4.69) is 30.1 Å². The first-order chi connectivity index (χ1) is 5.68. The van der Waals surface area contributed by atoms with Crippen molar-refractivity contribution in [3.05, 3.63) is 18.0 Å². The van der Waals surface area contributed by atoms with Crippen LogP contribution in [0.1, 0.15) is 19.4 Å². The molecule has 0 aliphatic heterocycles. The molecule has 1 aromatic rings. The Morgan fingerprint density at radius 3 is 2.83 bits per heavy atom. The van der Waals surface area contributed by atoms with Gasteiger partial charge >= 0.3 is 0 Å². The van der Waals surface area contributed by atoms with E-state index in [9.17, 15) is 0 Å². The van der Waals surface area contributed by atoms with Crippen LogP contribution in [0.15, 0.2) is 12.4 Å². The van der Waals surface area contributed by atoms with E-state index < -0.39 is 0 Å². The van der Waals surface area contributed by atoms with E-state index in [-0.39, 0.29) is 0 Å². The molecule has 1 heterocycles. The first-order valence-electron chi connectivity index (χ1n) is 3.84. The van der Waals surface area contributed by atoms with Crippen LogP contribution < -0.4 is 0 Å². The molecule has 0 spiro atoms. The molecule has 0 aliphatic rings. The summed E-state index contributed by atoms with van der Waals surface area (Å²) in [4.78, 5) is 0. The summed E-state index contributed by atoms with van der Waals surface area (Å²) in [6, 6.07) is 0. The van der Waals surface area contributed by atoms with Gasteiger partial charge in [-0.2, -0.15) is 5.10 Å².